The fourth-order valence-corrected chi connectivity index (χ4v) is 4.50. The molecule has 3 nitrogen and oxygen atoms in total. The maximum Gasteiger partial charge on any atom is 0.220 e. The standard InChI is InChI=1S/C22H26O3S/c1-3-19-16(2)20(24-14-17-10-6-4-7-11-17)21(22(23)26-19)25-15-18-12-8-5-9-13-18/h4-13,16,19-21H,3,14-15H2,1-2H3/t16-,19-,20+,21-/m1/s1. The fraction of sp³-hybridized carbons (Fsp3) is 0.409. The Labute approximate surface area is 160 Å². The molecular formula is C22H26O3S. The van der Waals surface area contributed by atoms with Gasteiger partial charge in [-0.2, -0.15) is 0 Å². The minimum Gasteiger partial charge on any atom is -0.370 e. The van der Waals surface area contributed by atoms with Crippen LogP contribution in [0.25, 0.3) is 0 Å². The molecule has 1 heterocycles. The largest absolute Gasteiger partial charge is 0.370 e. The summed E-state index contributed by atoms with van der Waals surface area (Å²) >= 11 is 1.42. The van der Waals surface area contributed by atoms with Crippen LogP contribution in [0, 0.1) is 5.92 Å². The number of rotatable bonds is 7. The number of benzene rings is 2. The van der Waals surface area contributed by atoms with Gasteiger partial charge in [0, 0.05) is 5.25 Å². The predicted octanol–water partition coefficient (Wildman–Crippen LogP) is 4.85. The number of carbonyl (C=O) groups is 1. The van der Waals surface area contributed by atoms with Crippen LogP contribution in [-0.4, -0.2) is 22.6 Å². The van der Waals surface area contributed by atoms with Crippen LogP contribution in [0.5, 0.6) is 0 Å². The number of hydrogen-bond donors (Lipinski definition) is 0. The van der Waals surface area contributed by atoms with E-state index in [2.05, 4.69) is 13.8 Å². The molecule has 1 aliphatic rings. The average molecular weight is 371 g/mol. The first-order chi connectivity index (χ1) is 12.7. The van der Waals surface area contributed by atoms with E-state index >= 15 is 0 Å². The van der Waals surface area contributed by atoms with E-state index < -0.39 is 6.10 Å². The molecule has 1 saturated heterocycles. The Hall–Kier alpha value is -1.62. The molecule has 0 radical (unpaired) electrons. The topological polar surface area (TPSA) is 35.5 Å². The van der Waals surface area contributed by atoms with Crippen molar-refractivity contribution in [3.8, 4) is 0 Å². The van der Waals surface area contributed by atoms with Crippen LogP contribution in [0.4, 0.5) is 0 Å². The van der Waals surface area contributed by atoms with Gasteiger partial charge in [-0.05, 0) is 23.5 Å². The zero-order valence-corrected chi connectivity index (χ0v) is 16.2. The van der Waals surface area contributed by atoms with E-state index in [9.17, 15) is 4.79 Å². The molecule has 2 aromatic rings. The second-order valence-corrected chi connectivity index (χ2v) is 7.96. The third kappa shape index (κ3) is 4.76. The monoisotopic (exact) mass is 370 g/mol. The third-order valence-corrected chi connectivity index (χ3v) is 6.39. The van der Waals surface area contributed by atoms with E-state index in [0.29, 0.717) is 13.2 Å². The molecule has 0 aromatic heterocycles. The summed E-state index contributed by atoms with van der Waals surface area (Å²) in [7, 11) is 0. The molecule has 1 fully saturated rings. The highest BCUT2D eigenvalue weighted by molar-refractivity contribution is 8.14. The number of hydrogen-bond acceptors (Lipinski definition) is 4. The molecule has 2 aromatic carbocycles. The van der Waals surface area contributed by atoms with E-state index in [1.165, 1.54) is 11.8 Å². The summed E-state index contributed by atoms with van der Waals surface area (Å²) in [6, 6.07) is 20.0. The summed E-state index contributed by atoms with van der Waals surface area (Å²) in [6.07, 6.45) is 0.202. The Kier molecular flexibility index (Phi) is 6.89. The molecule has 1 aliphatic heterocycles. The van der Waals surface area contributed by atoms with Gasteiger partial charge in [-0.15, -0.1) is 0 Å². The van der Waals surface area contributed by atoms with Gasteiger partial charge in [0.15, 0.2) is 6.10 Å². The maximum atomic E-state index is 12.7. The van der Waals surface area contributed by atoms with Crippen LogP contribution in [0.3, 0.4) is 0 Å². The molecule has 0 N–H and O–H groups in total. The normalized spacial score (nSPS) is 26.0. The fourth-order valence-electron chi connectivity index (χ4n) is 3.33. The summed E-state index contributed by atoms with van der Waals surface area (Å²) in [5.74, 6) is 0.257. The number of carbonyl (C=O) groups excluding carboxylic acids is 1. The van der Waals surface area contributed by atoms with Crippen LogP contribution < -0.4 is 0 Å². The molecular weight excluding hydrogens is 344 g/mol. The smallest absolute Gasteiger partial charge is 0.220 e. The molecule has 3 rings (SSSR count). The van der Waals surface area contributed by atoms with E-state index in [0.717, 1.165) is 17.5 Å². The van der Waals surface area contributed by atoms with Crippen molar-refractivity contribution in [2.24, 2.45) is 5.92 Å². The van der Waals surface area contributed by atoms with Crippen molar-refractivity contribution in [2.45, 2.75) is 50.9 Å². The van der Waals surface area contributed by atoms with Gasteiger partial charge >= 0.3 is 0 Å². The van der Waals surface area contributed by atoms with Crippen LogP contribution in [-0.2, 0) is 27.5 Å². The molecule has 0 amide bonds. The molecule has 0 saturated carbocycles. The van der Waals surface area contributed by atoms with Gasteiger partial charge in [-0.25, -0.2) is 0 Å². The molecule has 0 unspecified atom stereocenters. The number of thioether (sulfide) groups is 1. The Bertz CT molecular complexity index is 689. The molecule has 0 bridgehead atoms. The molecule has 138 valence electrons. The second kappa shape index (κ2) is 9.36. The lowest BCUT2D eigenvalue weighted by Crippen LogP contribution is -2.49. The Morgan fingerprint density at radius 1 is 0.885 bits per heavy atom. The Morgan fingerprint density at radius 2 is 1.42 bits per heavy atom. The average Bonchev–Trinajstić information content (AvgIpc) is 2.69. The summed E-state index contributed by atoms with van der Waals surface area (Å²) in [5, 5.41) is 0.365. The lowest BCUT2D eigenvalue weighted by Gasteiger charge is -2.39. The van der Waals surface area contributed by atoms with Crippen molar-refractivity contribution in [3.05, 3.63) is 71.8 Å². The lowest BCUT2D eigenvalue weighted by molar-refractivity contribution is -0.144. The number of ether oxygens (including phenoxy) is 2. The van der Waals surface area contributed by atoms with Gasteiger partial charge in [-0.3, -0.25) is 4.79 Å². The van der Waals surface area contributed by atoms with Gasteiger partial charge in [0.05, 0.1) is 19.3 Å². The highest BCUT2D eigenvalue weighted by Crippen LogP contribution is 2.37. The molecule has 4 atom stereocenters. The van der Waals surface area contributed by atoms with Gasteiger partial charge in [-0.1, -0.05) is 86.3 Å². The van der Waals surface area contributed by atoms with E-state index in [1.807, 2.05) is 60.7 Å². The van der Waals surface area contributed by atoms with Gasteiger partial charge in [0.1, 0.15) is 0 Å². The van der Waals surface area contributed by atoms with Crippen molar-refractivity contribution in [2.75, 3.05) is 0 Å². The summed E-state index contributed by atoms with van der Waals surface area (Å²) in [6.45, 7) is 5.21. The van der Waals surface area contributed by atoms with Crippen LogP contribution in [0.2, 0.25) is 0 Å². The zero-order chi connectivity index (χ0) is 18.4. The predicted molar refractivity (Wildman–Crippen MR) is 106 cm³/mol. The first kappa shape index (κ1) is 19.2. The van der Waals surface area contributed by atoms with Crippen molar-refractivity contribution in [1.29, 1.82) is 0 Å². The SMILES string of the molecule is CC[C@H]1SC(=O)[C@H](OCc2ccccc2)[C@@H](OCc2ccccc2)[C@@H]1C. The minimum atomic E-state index is -0.526. The van der Waals surface area contributed by atoms with Crippen LogP contribution >= 0.6 is 11.8 Å². The third-order valence-electron chi connectivity index (χ3n) is 4.86. The van der Waals surface area contributed by atoms with Crippen molar-refractivity contribution < 1.29 is 14.3 Å². The highest BCUT2D eigenvalue weighted by Gasteiger charge is 2.43. The van der Waals surface area contributed by atoms with Crippen molar-refractivity contribution in [3.63, 3.8) is 0 Å². The molecule has 0 aliphatic carbocycles. The van der Waals surface area contributed by atoms with Crippen LogP contribution in [0.1, 0.15) is 31.4 Å². The second-order valence-electron chi connectivity index (χ2n) is 6.72. The Balaban J connectivity index is 1.71. The van der Waals surface area contributed by atoms with Crippen molar-refractivity contribution in [1.82, 2.24) is 0 Å². The van der Waals surface area contributed by atoms with Gasteiger partial charge < -0.3 is 9.47 Å². The minimum absolute atomic E-state index is 0.0870. The van der Waals surface area contributed by atoms with Gasteiger partial charge in [0.25, 0.3) is 0 Å². The first-order valence-electron chi connectivity index (χ1n) is 9.20. The van der Waals surface area contributed by atoms with Gasteiger partial charge in [0.2, 0.25) is 5.12 Å². The van der Waals surface area contributed by atoms with E-state index in [1.54, 1.807) is 0 Å². The van der Waals surface area contributed by atoms with E-state index in [4.69, 9.17) is 9.47 Å². The maximum absolute atomic E-state index is 12.7. The molecule has 4 heteroatoms. The molecule has 0 spiro atoms. The summed E-state index contributed by atoms with van der Waals surface area (Å²) in [4.78, 5) is 12.7. The Morgan fingerprint density at radius 3 is 1.96 bits per heavy atom. The lowest BCUT2D eigenvalue weighted by atomic mass is 9.94. The summed E-state index contributed by atoms with van der Waals surface area (Å²) < 4.78 is 12.3. The molecule has 26 heavy (non-hydrogen) atoms. The van der Waals surface area contributed by atoms with E-state index in [-0.39, 0.29) is 22.4 Å². The summed E-state index contributed by atoms with van der Waals surface area (Å²) in [5.41, 5.74) is 2.18. The van der Waals surface area contributed by atoms with Crippen LogP contribution in [0.15, 0.2) is 60.7 Å². The highest BCUT2D eigenvalue weighted by atomic mass is 32.2. The zero-order valence-electron chi connectivity index (χ0n) is 15.3. The van der Waals surface area contributed by atoms with Crippen molar-refractivity contribution >= 4 is 16.9 Å². The first-order valence-corrected chi connectivity index (χ1v) is 10.1. The quantitative estimate of drug-likeness (QED) is 0.698.